The summed E-state index contributed by atoms with van der Waals surface area (Å²) in [6.45, 7) is 9.32. The van der Waals surface area contributed by atoms with Crippen molar-refractivity contribution in [3.63, 3.8) is 0 Å². The van der Waals surface area contributed by atoms with Crippen LogP contribution in [0.3, 0.4) is 0 Å². The lowest BCUT2D eigenvalue weighted by molar-refractivity contribution is 0.0979. The number of halogens is 2. The number of aryl methyl sites for hydroxylation is 2. The first-order chi connectivity index (χ1) is 13.2. The summed E-state index contributed by atoms with van der Waals surface area (Å²) in [5, 5.41) is 5.84. The minimum atomic E-state index is -0.141. The molecular formula is C20H27Cl2N5OS. The van der Waals surface area contributed by atoms with Gasteiger partial charge in [-0.3, -0.25) is 14.4 Å². The molecule has 0 bridgehead atoms. The fraction of sp³-hybridized carbons (Fsp3) is 0.450. The number of fused-ring (bicyclic) bond motifs is 1. The Bertz CT molecular complexity index is 973. The van der Waals surface area contributed by atoms with Crippen LogP contribution in [0.1, 0.15) is 41.6 Å². The Balaban J connectivity index is 0.00000300. The van der Waals surface area contributed by atoms with E-state index in [2.05, 4.69) is 18.9 Å². The highest BCUT2D eigenvalue weighted by molar-refractivity contribution is 7.23. The Morgan fingerprint density at radius 2 is 1.93 bits per heavy atom. The normalized spacial score (nSPS) is 11.3. The van der Waals surface area contributed by atoms with Crippen molar-refractivity contribution >= 4 is 56.6 Å². The van der Waals surface area contributed by atoms with E-state index in [-0.39, 0.29) is 24.4 Å². The van der Waals surface area contributed by atoms with Crippen LogP contribution < -0.4 is 4.90 Å². The topological polar surface area (TPSA) is 54.3 Å². The first-order valence-corrected chi connectivity index (χ1v) is 10.5. The van der Waals surface area contributed by atoms with Crippen molar-refractivity contribution in [2.24, 2.45) is 0 Å². The third-order valence-electron chi connectivity index (χ3n) is 4.56. The number of nitrogens with zero attached hydrogens (tertiary/aromatic N) is 5. The second-order valence-electron chi connectivity index (χ2n) is 7.51. The zero-order valence-electron chi connectivity index (χ0n) is 17.6. The molecule has 3 aromatic rings. The van der Waals surface area contributed by atoms with Gasteiger partial charge in [-0.1, -0.05) is 29.0 Å². The first-order valence-electron chi connectivity index (χ1n) is 9.27. The average Bonchev–Trinajstić information content (AvgIpc) is 3.23. The van der Waals surface area contributed by atoms with Crippen LogP contribution in [0.5, 0.6) is 0 Å². The van der Waals surface area contributed by atoms with Crippen LogP contribution >= 0.6 is 35.3 Å². The van der Waals surface area contributed by atoms with Crippen molar-refractivity contribution in [3.8, 4) is 0 Å². The second-order valence-corrected chi connectivity index (χ2v) is 8.89. The molecule has 3 rings (SSSR count). The molecule has 0 unspecified atom stereocenters. The summed E-state index contributed by atoms with van der Waals surface area (Å²) >= 11 is 7.82. The lowest BCUT2D eigenvalue weighted by Gasteiger charge is -2.21. The van der Waals surface area contributed by atoms with Gasteiger partial charge in [-0.05, 0) is 59.5 Å². The Hall–Kier alpha value is -1.67. The minimum absolute atomic E-state index is 0. The van der Waals surface area contributed by atoms with E-state index in [4.69, 9.17) is 16.6 Å². The van der Waals surface area contributed by atoms with Gasteiger partial charge in [0.1, 0.15) is 0 Å². The van der Waals surface area contributed by atoms with E-state index in [1.165, 1.54) is 11.3 Å². The number of thiazole rings is 1. The van der Waals surface area contributed by atoms with E-state index in [1.54, 1.807) is 4.90 Å². The molecule has 2 heterocycles. The predicted molar refractivity (Wildman–Crippen MR) is 124 cm³/mol. The molecule has 1 aromatic carbocycles. The van der Waals surface area contributed by atoms with Crippen molar-refractivity contribution in [1.82, 2.24) is 19.7 Å². The number of carbonyl (C=O) groups excluding carboxylic acids is 1. The number of anilines is 1. The molecule has 6 nitrogen and oxygen atoms in total. The minimum Gasteiger partial charge on any atom is -0.308 e. The second kappa shape index (κ2) is 9.43. The van der Waals surface area contributed by atoms with Gasteiger partial charge in [0.25, 0.3) is 5.91 Å². The highest BCUT2D eigenvalue weighted by atomic mass is 35.5. The van der Waals surface area contributed by atoms with Crippen molar-refractivity contribution in [3.05, 3.63) is 40.2 Å². The lowest BCUT2D eigenvalue weighted by atomic mass is 10.2. The quantitative estimate of drug-likeness (QED) is 0.525. The van der Waals surface area contributed by atoms with Gasteiger partial charge in [0.05, 0.1) is 15.2 Å². The van der Waals surface area contributed by atoms with Gasteiger partial charge in [0.2, 0.25) is 0 Å². The Morgan fingerprint density at radius 1 is 1.24 bits per heavy atom. The summed E-state index contributed by atoms with van der Waals surface area (Å²) in [6.07, 6.45) is 0. The predicted octanol–water partition coefficient (Wildman–Crippen LogP) is 4.97. The number of carbonyl (C=O) groups is 1. The van der Waals surface area contributed by atoms with E-state index in [9.17, 15) is 4.79 Å². The van der Waals surface area contributed by atoms with Crippen molar-refractivity contribution < 1.29 is 4.79 Å². The number of likely N-dealkylation sites (N-methyl/N-ethyl adjacent to an activating group) is 1. The highest BCUT2D eigenvalue weighted by Gasteiger charge is 2.25. The maximum absolute atomic E-state index is 13.4. The molecule has 0 atom stereocenters. The van der Waals surface area contributed by atoms with Crippen molar-refractivity contribution in [2.75, 3.05) is 32.1 Å². The number of hydrogen-bond acceptors (Lipinski definition) is 5. The first kappa shape index (κ1) is 23.6. The van der Waals surface area contributed by atoms with Crippen LogP contribution in [0.2, 0.25) is 5.02 Å². The van der Waals surface area contributed by atoms with Crippen LogP contribution in [0.15, 0.2) is 18.2 Å². The maximum atomic E-state index is 13.4. The van der Waals surface area contributed by atoms with Crippen LogP contribution in [-0.2, 0) is 0 Å². The molecule has 9 heteroatoms. The maximum Gasteiger partial charge on any atom is 0.280 e. The van der Waals surface area contributed by atoms with Crippen LogP contribution in [0.25, 0.3) is 10.2 Å². The van der Waals surface area contributed by atoms with Gasteiger partial charge in [0, 0.05) is 24.8 Å². The zero-order chi connectivity index (χ0) is 20.6. The third kappa shape index (κ3) is 4.91. The summed E-state index contributed by atoms with van der Waals surface area (Å²) in [7, 11) is 3.97. The molecule has 0 aliphatic carbocycles. The van der Waals surface area contributed by atoms with Gasteiger partial charge < -0.3 is 4.90 Å². The van der Waals surface area contributed by atoms with Gasteiger partial charge >= 0.3 is 0 Å². The van der Waals surface area contributed by atoms with Crippen molar-refractivity contribution in [2.45, 2.75) is 33.7 Å². The van der Waals surface area contributed by atoms with Crippen molar-refractivity contribution in [1.29, 1.82) is 0 Å². The highest BCUT2D eigenvalue weighted by Crippen LogP contribution is 2.36. The zero-order valence-corrected chi connectivity index (χ0v) is 20.0. The molecule has 158 valence electrons. The van der Waals surface area contributed by atoms with Crippen LogP contribution in [0.4, 0.5) is 5.13 Å². The van der Waals surface area contributed by atoms with E-state index in [1.807, 2.05) is 55.7 Å². The van der Waals surface area contributed by atoms with E-state index in [0.717, 1.165) is 28.0 Å². The number of amides is 1. The summed E-state index contributed by atoms with van der Waals surface area (Å²) in [6, 6.07) is 5.87. The average molecular weight is 456 g/mol. The van der Waals surface area contributed by atoms with Gasteiger partial charge in [-0.25, -0.2) is 4.98 Å². The van der Waals surface area contributed by atoms with Gasteiger partial charge in [0.15, 0.2) is 10.8 Å². The molecule has 1 amide bonds. The monoisotopic (exact) mass is 455 g/mol. The largest absolute Gasteiger partial charge is 0.308 e. The molecule has 0 saturated carbocycles. The molecule has 0 N–H and O–H groups in total. The molecule has 0 radical (unpaired) electrons. The molecular weight excluding hydrogens is 429 g/mol. The molecule has 0 aliphatic heterocycles. The standard InChI is InChI=1S/C20H26ClN5OS.ClH/c1-12(2)26-14(4)11-16(23-26)19(27)25(10-9-24(5)6)20-22-17-13(3)7-8-15(21)18(17)28-20;/h7-8,11-12H,9-10H2,1-6H3;1H. The molecule has 2 aromatic heterocycles. The molecule has 0 fully saturated rings. The Morgan fingerprint density at radius 3 is 2.48 bits per heavy atom. The van der Waals surface area contributed by atoms with Gasteiger partial charge in [-0.15, -0.1) is 12.4 Å². The molecule has 0 spiro atoms. The van der Waals surface area contributed by atoms with Crippen LogP contribution in [-0.4, -0.2) is 52.8 Å². The fourth-order valence-electron chi connectivity index (χ4n) is 3.04. The molecule has 29 heavy (non-hydrogen) atoms. The Labute approximate surface area is 186 Å². The van der Waals surface area contributed by atoms with Crippen LogP contribution in [0, 0.1) is 13.8 Å². The number of hydrogen-bond donors (Lipinski definition) is 0. The summed E-state index contributed by atoms with van der Waals surface area (Å²) in [5.41, 5.74) is 3.29. The lowest BCUT2D eigenvalue weighted by Crippen LogP contribution is -2.37. The summed E-state index contributed by atoms with van der Waals surface area (Å²) < 4.78 is 2.78. The summed E-state index contributed by atoms with van der Waals surface area (Å²) in [4.78, 5) is 21.9. The number of rotatable bonds is 6. The number of benzene rings is 1. The Kier molecular flexibility index (Phi) is 7.67. The van der Waals surface area contributed by atoms with E-state index < -0.39 is 0 Å². The van der Waals surface area contributed by atoms with E-state index >= 15 is 0 Å². The summed E-state index contributed by atoms with van der Waals surface area (Å²) in [5.74, 6) is -0.141. The molecule has 0 saturated heterocycles. The smallest absolute Gasteiger partial charge is 0.280 e. The fourth-order valence-corrected chi connectivity index (χ4v) is 4.38. The van der Waals surface area contributed by atoms with E-state index in [0.29, 0.717) is 22.4 Å². The number of aromatic nitrogens is 3. The third-order valence-corrected chi connectivity index (χ3v) is 6.10. The SMILES string of the molecule is Cc1ccc(Cl)c2sc(N(CCN(C)C)C(=O)c3cc(C)n(C(C)C)n3)nc12.Cl. The molecule has 0 aliphatic rings. The van der Waals surface area contributed by atoms with Gasteiger partial charge in [-0.2, -0.15) is 5.10 Å².